The maximum atomic E-state index is 14.4. The molecule has 3 N–H and O–H groups in total. The number of halogens is 1. The number of aromatic nitrogens is 1. The van der Waals surface area contributed by atoms with Gasteiger partial charge in [-0.2, -0.15) is 0 Å². The van der Waals surface area contributed by atoms with E-state index in [0.29, 0.717) is 30.3 Å². The molecule has 7 heteroatoms. The molecule has 1 heterocycles. The lowest BCUT2D eigenvalue weighted by molar-refractivity contribution is 0.0695. The highest BCUT2D eigenvalue weighted by Gasteiger charge is 2.27. The fourth-order valence-corrected chi connectivity index (χ4v) is 2.87. The van der Waals surface area contributed by atoms with E-state index in [4.69, 9.17) is 0 Å². The Bertz CT molecular complexity index is 872. The minimum Gasteiger partial charge on any atom is -0.477 e. The zero-order valence-electron chi connectivity index (χ0n) is 14.3. The van der Waals surface area contributed by atoms with Crippen LogP contribution in [0.25, 0.3) is 10.9 Å². The summed E-state index contributed by atoms with van der Waals surface area (Å²) in [6.45, 7) is 5.29. The van der Waals surface area contributed by atoms with Crippen LogP contribution in [0.5, 0.6) is 0 Å². The highest BCUT2D eigenvalue weighted by Crippen LogP contribution is 2.37. The number of carboxylic acid groups (broad SMARTS) is 1. The van der Waals surface area contributed by atoms with Gasteiger partial charge in [0.25, 0.3) is 0 Å². The summed E-state index contributed by atoms with van der Waals surface area (Å²) in [6, 6.07) is 3.26. The first-order valence-electron chi connectivity index (χ1n) is 8.47. The van der Waals surface area contributed by atoms with Crippen LogP contribution in [0.15, 0.2) is 23.1 Å². The van der Waals surface area contributed by atoms with Crippen molar-refractivity contribution in [3.05, 3.63) is 39.9 Å². The van der Waals surface area contributed by atoms with E-state index in [0.717, 1.165) is 18.9 Å². The van der Waals surface area contributed by atoms with Crippen molar-refractivity contribution in [1.29, 1.82) is 0 Å². The first-order chi connectivity index (χ1) is 11.9. The number of fused-ring (bicyclic) bond motifs is 1. The van der Waals surface area contributed by atoms with E-state index in [1.165, 1.54) is 6.20 Å². The van der Waals surface area contributed by atoms with Crippen LogP contribution in [0, 0.1) is 5.82 Å². The van der Waals surface area contributed by atoms with Gasteiger partial charge in [0.15, 0.2) is 0 Å². The molecule has 1 saturated carbocycles. The van der Waals surface area contributed by atoms with Gasteiger partial charge in [0, 0.05) is 36.8 Å². The number of hydrogen-bond acceptors (Lipinski definition) is 4. The molecule has 0 atom stereocenters. The number of pyridine rings is 1. The topological polar surface area (TPSA) is 83.4 Å². The number of hydrogen-bond donors (Lipinski definition) is 3. The van der Waals surface area contributed by atoms with Crippen molar-refractivity contribution < 1.29 is 14.3 Å². The van der Waals surface area contributed by atoms with Gasteiger partial charge in [-0.25, -0.2) is 9.18 Å². The van der Waals surface area contributed by atoms with Gasteiger partial charge in [-0.3, -0.25) is 4.79 Å². The van der Waals surface area contributed by atoms with Crippen LogP contribution in [0.4, 0.5) is 10.1 Å². The Morgan fingerprint density at radius 1 is 1.36 bits per heavy atom. The van der Waals surface area contributed by atoms with Crippen molar-refractivity contribution in [2.75, 3.05) is 18.4 Å². The fraction of sp³-hybridized carbons (Fsp3) is 0.444. The van der Waals surface area contributed by atoms with Gasteiger partial charge in [-0.05, 0) is 25.0 Å². The van der Waals surface area contributed by atoms with Crippen LogP contribution in [-0.4, -0.2) is 34.8 Å². The van der Waals surface area contributed by atoms with Crippen LogP contribution in [0.2, 0.25) is 0 Å². The van der Waals surface area contributed by atoms with Crippen molar-refractivity contribution in [3.8, 4) is 0 Å². The maximum Gasteiger partial charge on any atom is 0.341 e. The molecule has 1 aliphatic carbocycles. The molecule has 0 aliphatic heterocycles. The molecule has 0 bridgehead atoms. The Balaban J connectivity index is 2.01. The van der Waals surface area contributed by atoms with Crippen LogP contribution < -0.4 is 16.1 Å². The summed E-state index contributed by atoms with van der Waals surface area (Å²) in [7, 11) is 0. The van der Waals surface area contributed by atoms with E-state index in [-0.39, 0.29) is 17.0 Å². The molecule has 0 unspecified atom stereocenters. The number of carbonyl (C=O) groups is 1. The second kappa shape index (κ2) is 6.84. The van der Waals surface area contributed by atoms with E-state index in [1.54, 1.807) is 10.6 Å². The molecule has 0 spiro atoms. The van der Waals surface area contributed by atoms with Gasteiger partial charge >= 0.3 is 5.97 Å². The quantitative estimate of drug-likeness (QED) is 0.671. The normalized spacial score (nSPS) is 14.2. The first-order valence-corrected chi connectivity index (χ1v) is 8.47. The molecule has 0 amide bonds. The van der Waals surface area contributed by atoms with Crippen molar-refractivity contribution in [1.82, 2.24) is 9.88 Å². The summed E-state index contributed by atoms with van der Waals surface area (Å²) in [5, 5.41) is 15.6. The van der Waals surface area contributed by atoms with E-state index in [9.17, 15) is 19.1 Å². The molecule has 6 nitrogen and oxygen atoms in total. The summed E-state index contributed by atoms with van der Waals surface area (Å²) >= 11 is 0. The lowest BCUT2D eigenvalue weighted by Crippen LogP contribution is -2.28. The first kappa shape index (κ1) is 17.4. The second-order valence-corrected chi connectivity index (χ2v) is 6.70. The fourth-order valence-electron chi connectivity index (χ4n) is 2.87. The number of carboxylic acids is 1. The Morgan fingerprint density at radius 3 is 2.68 bits per heavy atom. The second-order valence-electron chi connectivity index (χ2n) is 6.70. The standard InChI is InChI=1S/C18H22FN3O3/c1-10(2)20-5-6-21-15-8-16-12(7-14(15)19)17(23)13(18(24)25)9-22(16)11-3-4-11/h7-11,20-21H,3-6H2,1-2H3,(H,24,25). The summed E-state index contributed by atoms with van der Waals surface area (Å²) < 4.78 is 16.2. The SMILES string of the molecule is CC(C)NCCNc1cc2c(cc1F)c(=O)c(C(=O)O)cn2C1CC1. The average molecular weight is 347 g/mol. The predicted molar refractivity (Wildman–Crippen MR) is 95.0 cm³/mol. The van der Waals surface area contributed by atoms with Gasteiger partial charge in [-0.15, -0.1) is 0 Å². The number of nitrogens with one attached hydrogen (secondary N) is 2. The zero-order valence-corrected chi connectivity index (χ0v) is 14.3. The van der Waals surface area contributed by atoms with Crippen LogP contribution in [0.1, 0.15) is 43.1 Å². The average Bonchev–Trinajstić information content (AvgIpc) is 3.37. The molecular weight excluding hydrogens is 325 g/mol. The minimum absolute atomic E-state index is 0.107. The molecule has 25 heavy (non-hydrogen) atoms. The summed E-state index contributed by atoms with van der Waals surface area (Å²) in [4.78, 5) is 23.7. The number of aromatic carboxylic acids is 1. The summed E-state index contributed by atoms with van der Waals surface area (Å²) in [5.41, 5.74) is -0.0832. The van der Waals surface area contributed by atoms with Crippen molar-refractivity contribution >= 4 is 22.6 Å². The molecule has 1 fully saturated rings. The monoisotopic (exact) mass is 347 g/mol. The predicted octanol–water partition coefficient (Wildman–Crippen LogP) is 2.58. The number of anilines is 1. The highest BCUT2D eigenvalue weighted by molar-refractivity contribution is 5.93. The number of nitrogens with zero attached hydrogens (tertiary/aromatic N) is 1. The Labute approximate surface area is 144 Å². The Hall–Kier alpha value is -2.41. The Kier molecular flexibility index (Phi) is 4.76. The van der Waals surface area contributed by atoms with Gasteiger partial charge in [0.1, 0.15) is 11.4 Å². The Morgan fingerprint density at radius 2 is 2.08 bits per heavy atom. The molecular formula is C18H22FN3O3. The third-order valence-electron chi connectivity index (χ3n) is 4.28. The lowest BCUT2D eigenvalue weighted by Gasteiger charge is -2.15. The van der Waals surface area contributed by atoms with E-state index in [2.05, 4.69) is 10.6 Å². The van der Waals surface area contributed by atoms with E-state index >= 15 is 0 Å². The van der Waals surface area contributed by atoms with Gasteiger partial charge in [0.2, 0.25) is 5.43 Å². The number of benzene rings is 1. The van der Waals surface area contributed by atoms with Crippen molar-refractivity contribution in [2.24, 2.45) is 0 Å². The largest absolute Gasteiger partial charge is 0.477 e. The molecule has 2 aromatic rings. The smallest absolute Gasteiger partial charge is 0.341 e. The van der Waals surface area contributed by atoms with Gasteiger partial charge in [-0.1, -0.05) is 13.8 Å². The third kappa shape index (κ3) is 3.66. The molecule has 134 valence electrons. The van der Waals surface area contributed by atoms with Gasteiger partial charge < -0.3 is 20.3 Å². The van der Waals surface area contributed by atoms with Crippen molar-refractivity contribution in [3.63, 3.8) is 0 Å². The molecule has 0 saturated heterocycles. The van der Waals surface area contributed by atoms with E-state index < -0.39 is 17.2 Å². The van der Waals surface area contributed by atoms with Crippen LogP contribution >= 0.6 is 0 Å². The molecule has 1 aliphatic rings. The molecule has 1 aromatic carbocycles. The summed E-state index contributed by atoms with van der Waals surface area (Å²) in [6.07, 6.45) is 3.23. The molecule has 3 rings (SSSR count). The van der Waals surface area contributed by atoms with Crippen molar-refractivity contribution in [2.45, 2.75) is 38.8 Å². The van der Waals surface area contributed by atoms with Gasteiger partial charge in [0.05, 0.1) is 11.2 Å². The highest BCUT2D eigenvalue weighted by atomic mass is 19.1. The summed E-state index contributed by atoms with van der Waals surface area (Å²) in [5.74, 6) is -1.84. The van der Waals surface area contributed by atoms with Crippen LogP contribution in [0.3, 0.4) is 0 Å². The lowest BCUT2D eigenvalue weighted by atomic mass is 10.1. The molecule has 1 aromatic heterocycles. The zero-order chi connectivity index (χ0) is 18.1. The molecule has 0 radical (unpaired) electrons. The third-order valence-corrected chi connectivity index (χ3v) is 4.28. The minimum atomic E-state index is -1.29. The van der Waals surface area contributed by atoms with Crippen LogP contribution in [-0.2, 0) is 0 Å². The van der Waals surface area contributed by atoms with E-state index in [1.807, 2.05) is 13.8 Å². The number of rotatable bonds is 7. The maximum absolute atomic E-state index is 14.4.